The smallest absolute Gasteiger partial charge is 0.408 e. The lowest BCUT2D eigenvalue weighted by molar-refractivity contribution is -0.142. The van der Waals surface area contributed by atoms with Crippen LogP contribution in [0.15, 0.2) is 48.5 Å². The quantitative estimate of drug-likeness (QED) is 0.398. The highest BCUT2D eigenvalue weighted by Crippen LogP contribution is 2.28. The number of rotatable bonds is 10. The zero-order valence-corrected chi connectivity index (χ0v) is 22.9. The third-order valence-corrected chi connectivity index (χ3v) is 6.08. The monoisotopic (exact) mass is 522 g/mol. The van der Waals surface area contributed by atoms with Gasteiger partial charge in [0.1, 0.15) is 30.0 Å². The van der Waals surface area contributed by atoms with Crippen molar-refractivity contribution in [1.82, 2.24) is 15.5 Å². The molecule has 0 aliphatic heterocycles. The normalized spacial score (nSPS) is 13.4. The molecule has 3 N–H and O–H groups in total. The third-order valence-electron chi connectivity index (χ3n) is 6.08. The molecule has 0 fully saturated rings. The van der Waals surface area contributed by atoms with Crippen LogP contribution in [0.5, 0.6) is 5.75 Å². The van der Waals surface area contributed by atoms with Crippen LogP contribution in [0.3, 0.4) is 0 Å². The number of carbonyl (C=O) groups excluding carboxylic acids is 3. The molecule has 0 spiro atoms. The molecule has 0 saturated carbocycles. The first-order valence-corrected chi connectivity index (χ1v) is 12.7. The van der Waals surface area contributed by atoms with Crippen LogP contribution in [0.4, 0.5) is 4.79 Å². The van der Waals surface area contributed by atoms with Gasteiger partial charge in [0.15, 0.2) is 0 Å². The largest absolute Gasteiger partial charge is 0.508 e. The molecule has 0 aliphatic carbocycles. The number of nitrogens with one attached hydrogen (secondary N) is 2. The number of amides is 3. The van der Waals surface area contributed by atoms with Crippen LogP contribution >= 0.6 is 0 Å². The molecule has 0 aromatic heterocycles. The van der Waals surface area contributed by atoms with E-state index in [1.54, 1.807) is 46.8 Å². The van der Waals surface area contributed by atoms with Crippen molar-refractivity contribution >= 4 is 17.9 Å². The van der Waals surface area contributed by atoms with Crippen LogP contribution in [-0.2, 0) is 20.9 Å². The van der Waals surface area contributed by atoms with Crippen molar-refractivity contribution in [2.24, 2.45) is 5.92 Å². The Morgan fingerprint density at radius 3 is 2.34 bits per heavy atom. The molecule has 9 nitrogen and oxygen atoms in total. The van der Waals surface area contributed by atoms with E-state index in [2.05, 4.69) is 10.6 Å². The number of nitriles is 1. The summed E-state index contributed by atoms with van der Waals surface area (Å²) < 4.78 is 5.37. The van der Waals surface area contributed by atoms with Crippen molar-refractivity contribution in [3.8, 4) is 11.8 Å². The van der Waals surface area contributed by atoms with Gasteiger partial charge in [-0.1, -0.05) is 56.7 Å². The molecule has 3 amide bonds. The minimum atomic E-state index is -1.18. The SMILES string of the molecule is CCC(C)C(NC(=O)OC(C)(C)C)C(=O)N(CC#N)C(C(=O)NCc1ccccc1)c1ccc(O)c(C)c1. The Balaban J connectivity index is 2.49. The number of aryl methyl sites for hydroxylation is 1. The summed E-state index contributed by atoms with van der Waals surface area (Å²) >= 11 is 0. The maximum Gasteiger partial charge on any atom is 0.408 e. The highest BCUT2D eigenvalue weighted by Gasteiger charge is 2.38. The molecule has 9 heteroatoms. The fourth-order valence-electron chi connectivity index (χ4n) is 3.87. The second kappa shape index (κ2) is 13.5. The molecular formula is C29H38N4O5. The molecule has 2 aromatic rings. The van der Waals surface area contributed by atoms with Crippen molar-refractivity contribution in [2.75, 3.05) is 6.54 Å². The lowest BCUT2D eigenvalue weighted by Crippen LogP contribution is -2.55. The van der Waals surface area contributed by atoms with Gasteiger partial charge in [0.05, 0.1) is 6.07 Å². The predicted molar refractivity (Wildman–Crippen MR) is 144 cm³/mol. The summed E-state index contributed by atoms with van der Waals surface area (Å²) in [6.07, 6.45) is -0.214. The van der Waals surface area contributed by atoms with Crippen LogP contribution in [-0.4, -0.2) is 46.1 Å². The molecule has 0 saturated heterocycles. The molecule has 0 heterocycles. The van der Waals surface area contributed by atoms with Gasteiger partial charge in [-0.2, -0.15) is 5.26 Å². The molecule has 3 unspecified atom stereocenters. The minimum Gasteiger partial charge on any atom is -0.508 e. The molecule has 204 valence electrons. The maximum absolute atomic E-state index is 14.0. The van der Waals surface area contributed by atoms with Gasteiger partial charge in [0, 0.05) is 6.54 Å². The molecule has 0 radical (unpaired) electrons. The van der Waals surface area contributed by atoms with Crippen molar-refractivity contribution in [1.29, 1.82) is 5.26 Å². The third kappa shape index (κ3) is 8.51. The number of ether oxygens (including phenoxy) is 1. The van der Waals surface area contributed by atoms with E-state index < -0.39 is 42.1 Å². The Labute approximate surface area is 224 Å². The second-order valence-electron chi connectivity index (χ2n) is 10.3. The van der Waals surface area contributed by atoms with Crippen molar-refractivity contribution < 1.29 is 24.2 Å². The van der Waals surface area contributed by atoms with E-state index in [1.807, 2.05) is 43.3 Å². The number of carbonyl (C=O) groups is 3. The van der Waals surface area contributed by atoms with Crippen LogP contribution in [0.25, 0.3) is 0 Å². The van der Waals surface area contributed by atoms with Crippen LogP contribution in [0.2, 0.25) is 0 Å². The van der Waals surface area contributed by atoms with Crippen molar-refractivity contribution in [3.05, 3.63) is 65.2 Å². The van der Waals surface area contributed by atoms with E-state index in [9.17, 15) is 24.8 Å². The summed E-state index contributed by atoms with van der Waals surface area (Å²) in [6.45, 7) is 10.3. The van der Waals surface area contributed by atoms with E-state index in [1.165, 1.54) is 11.0 Å². The second-order valence-corrected chi connectivity index (χ2v) is 10.3. The van der Waals surface area contributed by atoms with Crippen LogP contribution in [0, 0.1) is 24.2 Å². The van der Waals surface area contributed by atoms with Crippen LogP contribution < -0.4 is 10.6 Å². The summed E-state index contributed by atoms with van der Waals surface area (Å²) in [6, 6.07) is 13.7. The lowest BCUT2D eigenvalue weighted by atomic mass is 9.95. The lowest BCUT2D eigenvalue weighted by Gasteiger charge is -2.34. The Morgan fingerprint density at radius 2 is 1.79 bits per heavy atom. The topological polar surface area (TPSA) is 132 Å². The Bertz CT molecular complexity index is 1150. The fourth-order valence-corrected chi connectivity index (χ4v) is 3.87. The highest BCUT2D eigenvalue weighted by atomic mass is 16.6. The Kier molecular flexibility index (Phi) is 10.7. The Hall–Kier alpha value is -4.06. The van der Waals surface area contributed by atoms with E-state index in [-0.39, 0.29) is 18.2 Å². The summed E-state index contributed by atoms with van der Waals surface area (Å²) in [7, 11) is 0. The number of alkyl carbamates (subject to hydrolysis) is 1. The van der Waals surface area contributed by atoms with Gasteiger partial charge in [-0.3, -0.25) is 9.59 Å². The summed E-state index contributed by atoms with van der Waals surface area (Å²) in [5, 5.41) is 25.2. The number of hydrogen-bond donors (Lipinski definition) is 3. The van der Waals surface area contributed by atoms with Gasteiger partial charge < -0.3 is 25.4 Å². The zero-order valence-electron chi connectivity index (χ0n) is 22.9. The van der Waals surface area contributed by atoms with Gasteiger partial charge in [0.25, 0.3) is 0 Å². The number of nitrogens with zero attached hydrogens (tertiary/aromatic N) is 2. The van der Waals surface area contributed by atoms with Gasteiger partial charge in [0.2, 0.25) is 11.8 Å². The van der Waals surface area contributed by atoms with Crippen molar-refractivity contribution in [2.45, 2.75) is 72.2 Å². The average Bonchev–Trinajstić information content (AvgIpc) is 2.86. The van der Waals surface area contributed by atoms with E-state index in [4.69, 9.17) is 4.74 Å². The first-order valence-electron chi connectivity index (χ1n) is 12.7. The fraction of sp³-hybridized carbons (Fsp3) is 0.448. The Morgan fingerprint density at radius 1 is 1.13 bits per heavy atom. The summed E-state index contributed by atoms with van der Waals surface area (Å²) in [5.74, 6) is -1.36. The molecule has 0 aliphatic rings. The first kappa shape index (κ1) is 30.2. The molecule has 3 atom stereocenters. The summed E-state index contributed by atoms with van der Waals surface area (Å²) in [4.78, 5) is 41.4. The molecule has 0 bridgehead atoms. The van der Waals surface area contributed by atoms with Crippen LogP contribution in [0.1, 0.15) is 63.8 Å². The molecule has 2 aromatic carbocycles. The first-order chi connectivity index (χ1) is 17.9. The zero-order chi connectivity index (χ0) is 28.5. The highest BCUT2D eigenvalue weighted by molar-refractivity contribution is 5.92. The summed E-state index contributed by atoms with van der Waals surface area (Å²) in [5.41, 5.74) is 1.03. The van der Waals surface area contributed by atoms with E-state index in [0.29, 0.717) is 17.5 Å². The van der Waals surface area contributed by atoms with Crippen molar-refractivity contribution in [3.63, 3.8) is 0 Å². The number of hydrogen-bond acceptors (Lipinski definition) is 6. The predicted octanol–water partition coefficient (Wildman–Crippen LogP) is 4.35. The van der Waals surface area contributed by atoms with Gasteiger partial charge >= 0.3 is 6.09 Å². The molecule has 2 rings (SSSR count). The van der Waals surface area contributed by atoms with E-state index >= 15 is 0 Å². The van der Waals surface area contributed by atoms with Gasteiger partial charge in [-0.25, -0.2) is 4.79 Å². The number of benzene rings is 2. The number of phenolic OH excluding ortho intramolecular Hbond substituents is 1. The van der Waals surface area contributed by atoms with Gasteiger partial charge in [-0.05, 0) is 62.4 Å². The van der Waals surface area contributed by atoms with Gasteiger partial charge in [-0.15, -0.1) is 0 Å². The molecule has 38 heavy (non-hydrogen) atoms. The number of phenols is 1. The number of aromatic hydroxyl groups is 1. The standard InChI is InChI=1S/C29H38N4O5/c1-7-19(2)24(32-28(37)38-29(4,5)6)27(36)33(16-15-30)25(22-13-14-23(34)20(3)17-22)26(35)31-18-21-11-9-8-10-12-21/h8-14,17,19,24-25,34H,7,16,18H2,1-6H3,(H,31,35)(H,32,37). The minimum absolute atomic E-state index is 0.0411. The molecular weight excluding hydrogens is 484 g/mol. The average molecular weight is 523 g/mol. The maximum atomic E-state index is 14.0. The van der Waals surface area contributed by atoms with E-state index in [0.717, 1.165) is 5.56 Å².